The molecule has 88 valence electrons. The quantitative estimate of drug-likeness (QED) is 0.775. The predicted molar refractivity (Wildman–Crippen MR) is 65.2 cm³/mol. The van der Waals surface area contributed by atoms with Gasteiger partial charge in [-0.05, 0) is 31.4 Å². The average molecular weight is 221 g/mol. The minimum absolute atomic E-state index is 0.618. The van der Waals surface area contributed by atoms with Crippen LogP contribution in [0.5, 0.6) is 5.75 Å². The van der Waals surface area contributed by atoms with Gasteiger partial charge in [-0.2, -0.15) is 0 Å². The molecule has 0 unspecified atom stereocenters. The van der Waals surface area contributed by atoms with Crippen LogP contribution >= 0.6 is 0 Å². The lowest BCUT2D eigenvalue weighted by atomic mass is 10.0. The molecule has 0 spiro atoms. The van der Waals surface area contributed by atoms with Crippen molar-refractivity contribution in [2.75, 3.05) is 31.7 Å². The van der Waals surface area contributed by atoms with Crippen molar-refractivity contribution in [2.45, 2.75) is 19.8 Å². The van der Waals surface area contributed by atoms with Crippen molar-refractivity contribution < 1.29 is 9.47 Å². The number of anilines is 1. The maximum atomic E-state index is 5.61. The van der Waals surface area contributed by atoms with Gasteiger partial charge in [0.15, 0.2) is 0 Å². The number of rotatable bonds is 5. The van der Waals surface area contributed by atoms with Crippen LogP contribution in [0.15, 0.2) is 18.2 Å². The fourth-order valence-electron chi connectivity index (χ4n) is 1.89. The smallest absolute Gasteiger partial charge is 0.121 e. The Labute approximate surface area is 96.8 Å². The molecule has 0 fully saturated rings. The molecule has 0 amide bonds. The third kappa shape index (κ3) is 2.89. The maximum Gasteiger partial charge on any atom is 0.121 e. The van der Waals surface area contributed by atoms with Crippen LogP contribution in [-0.2, 0) is 11.2 Å². The summed E-state index contributed by atoms with van der Waals surface area (Å²) in [5.41, 5.74) is 2.61. The molecule has 1 aliphatic heterocycles. The van der Waals surface area contributed by atoms with E-state index in [0.717, 1.165) is 18.9 Å². The third-order valence-corrected chi connectivity index (χ3v) is 2.72. The van der Waals surface area contributed by atoms with E-state index in [1.807, 2.05) is 13.0 Å². The zero-order valence-electron chi connectivity index (χ0n) is 9.79. The first-order valence-corrected chi connectivity index (χ1v) is 5.97. The molecule has 0 saturated carbocycles. The first-order valence-electron chi connectivity index (χ1n) is 5.97. The summed E-state index contributed by atoms with van der Waals surface area (Å²) in [5, 5.41) is 3.39. The van der Waals surface area contributed by atoms with Gasteiger partial charge in [-0.3, -0.25) is 0 Å². The highest BCUT2D eigenvalue weighted by Gasteiger charge is 2.08. The summed E-state index contributed by atoms with van der Waals surface area (Å²) in [5.74, 6) is 0.924. The summed E-state index contributed by atoms with van der Waals surface area (Å²) in [6.07, 6.45) is 2.39. The summed E-state index contributed by atoms with van der Waals surface area (Å²) in [6.45, 7) is 5.07. The minimum Gasteiger partial charge on any atom is -0.491 e. The minimum atomic E-state index is 0.618. The Hall–Kier alpha value is -1.22. The second-order valence-corrected chi connectivity index (χ2v) is 3.89. The fourth-order valence-corrected chi connectivity index (χ4v) is 1.89. The molecule has 1 heterocycles. The topological polar surface area (TPSA) is 30.5 Å². The molecule has 2 rings (SSSR count). The number of nitrogens with one attached hydrogen (secondary N) is 1. The standard InChI is InChI=1S/C13H19NO2/c1-2-15-8-9-16-12-6-5-11-4-3-7-14-13(11)10-12/h5-6,10,14H,2-4,7-9H2,1H3. The van der Waals surface area contributed by atoms with E-state index in [1.54, 1.807) is 0 Å². The van der Waals surface area contributed by atoms with Crippen molar-refractivity contribution >= 4 is 5.69 Å². The maximum absolute atomic E-state index is 5.61. The zero-order chi connectivity index (χ0) is 11.2. The largest absolute Gasteiger partial charge is 0.491 e. The van der Waals surface area contributed by atoms with Crippen LogP contribution in [0.2, 0.25) is 0 Å². The Bertz CT molecular complexity index is 339. The van der Waals surface area contributed by atoms with Gasteiger partial charge in [0.1, 0.15) is 12.4 Å². The molecule has 0 atom stereocenters. The van der Waals surface area contributed by atoms with E-state index in [9.17, 15) is 0 Å². The van der Waals surface area contributed by atoms with E-state index in [4.69, 9.17) is 9.47 Å². The Morgan fingerprint density at radius 1 is 1.31 bits per heavy atom. The van der Waals surface area contributed by atoms with Crippen molar-refractivity contribution in [2.24, 2.45) is 0 Å². The highest BCUT2D eigenvalue weighted by Crippen LogP contribution is 2.26. The van der Waals surface area contributed by atoms with E-state index < -0.39 is 0 Å². The number of fused-ring (bicyclic) bond motifs is 1. The van der Waals surface area contributed by atoms with Crippen LogP contribution in [0.4, 0.5) is 5.69 Å². The van der Waals surface area contributed by atoms with E-state index in [-0.39, 0.29) is 0 Å². The van der Waals surface area contributed by atoms with E-state index in [0.29, 0.717) is 13.2 Å². The lowest BCUT2D eigenvalue weighted by molar-refractivity contribution is 0.110. The van der Waals surface area contributed by atoms with Crippen molar-refractivity contribution in [1.82, 2.24) is 0 Å². The van der Waals surface area contributed by atoms with E-state index >= 15 is 0 Å². The fraction of sp³-hybridized carbons (Fsp3) is 0.538. The van der Waals surface area contributed by atoms with Gasteiger partial charge in [-0.15, -0.1) is 0 Å². The molecule has 1 aromatic rings. The second kappa shape index (κ2) is 5.75. The van der Waals surface area contributed by atoms with Crippen LogP contribution in [-0.4, -0.2) is 26.4 Å². The molecule has 0 aliphatic carbocycles. The van der Waals surface area contributed by atoms with Crippen LogP contribution < -0.4 is 10.1 Å². The monoisotopic (exact) mass is 221 g/mol. The van der Waals surface area contributed by atoms with Crippen LogP contribution in [0, 0.1) is 0 Å². The number of ether oxygens (including phenoxy) is 2. The van der Waals surface area contributed by atoms with Crippen molar-refractivity contribution in [3.63, 3.8) is 0 Å². The molecule has 0 radical (unpaired) electrons. The lowest BCUT2D eigenvalue weighted by Crippen LogP contribution is -2.12. The highest BCUT2D eigenvalue weighted by atomic mass is 16.5. The predicted octanol–water partition coefficient (Wildman–Crippen LogP) is 2.46. The van der Waals surface area contributed by atoms with Gasteiger partial charge in [0.2, 0.25) is 0 Å². The summed E-state index contributed by atoms with van der Waals surface area (Å²) < 4.78 is 10.8. The van der Waals surface area contributed by atoms with Gasteiger partial charge in [-0.1, -0.05) is 6.07 Å². The van der Waals surface area contributed by atoms with Gasteiger partial charge < -0.3 is 14.8 Å². The molecular weight excluding hydrogens is 202 g/mol. The normalized spacial score (nSPS) is 14.1. The Kier molecular flexibility index (Phi) is 4.05. The van der Waals surface area contributed by atoms with Gasteiger partial charge >= 0.3 is 0 Å². The molecule has 0 bridgehead atoms. The number of hydrogen-bond donors (Lipinski definition) is 1. The molecule has 3 heteroatoms. The molecule has 16 heavy (non-hydrogen) atoms. The van der Waals surface area contributed by atoms with Crippen molar-refractivity contribution in [1.29, 1.82) is 0 Å². The first kappa shape index (κ1) is 11.3. The summed E-state index contributed by atoms with van der Waals surface area (Å²) >= 11 is 0. The van der Waals surface area contributed by atoms with Gasteiger partial charge in [-0.25, -0.2) is 0 Å². The Morgan fingerprint density at radius 2 is 2.25 bits per heavy atom. The van der Waals surface area contributed by atoms with Crippen LogP contribution in [0.25, 0.3) is 0 Å². The van der Waals surface area contributed by atoms with Gasteiger partial charge in [0, 0.05) is 24.9 Å². The van der Waals surface area contributed by atoms with Crippen LogP contribution in [0.1, 0.15) is 18.9 Å². The lowest BCUT2D eigenvalue weighted by Gasteiger charge is -2.18. The molecule has 1 aliphatic rings. The summed E-state index contributed by atoms with van der Waals surface area (Å²) in [6, 6.07) is 6.27. The number of benzene rings is 1. The molecule has 0 aromatic heterocycles. The molecule has 1 aromatic carbocycles. The Morgan fingerprint density at radius 3 is 3.12 bits per heavy atom. The number of aryl methyl sites for hydroxylation is 1. The molecule has 3 nitrogen and oxygen atoms in total. The average Bonchev–Trinajstić information content (AvgIpc) is 2.34. The van der Waals surface area contributed by atoms with Crippen molar-refractivity contribution in [3.8, 4) is 5.75 Å². The third-order valence-electron chi connectivity index (χ3n) is 2.72. The van der Waals surface area contributed by atoms with Gasteiger partial charge in [0.05, 0.1) is 6.61 Å². The molecule has 1 N–H and O–H groups in total. The second-order valence-electron chi connectivity index (χ2n) is 3.89. The van der Waals surface area contributed by atoms with Crippen LogP contribution in [0.3, 0.4) is 0 Å². The molecular formula is C13H19NO2. The summed E-state index contributed by atoms with van der Waals surface area (Å²) in [4.78, 5) is 0. The van der Waals surface area contributed by atoms with E-state index in [1.165, 1.54) is 24.1 Å². The molecule has 0 saturated heterocycles. The first-order chi connectivity index (χ1) is 7.90. The zero-order valence-corrected chi connectivity index (χ0v) is 9.79. The number of hydrogen-bond acceptors (Lipinski definition) is 3. The van der Waals surface area contributed by atoms with Crippen molar-refractivity contribution in [3.05, 3.63) is 23.8 Å². The highest BCUT2D eigenvalue weighted by molar-refractivity contribution is 5.56. The SMILES string of the molecule is CCOCCOc1ccc2c(c1)NCCC2. The Balaban J connectivity index is 1.90. The summed E-state index contributed by atoms with van der Waals surface area (Å²) in [7, 11) is 0. The van der Waals surface area contributed by atoms with E-state index in [2.05, 4.69) is 17.4 Å². The van der Waals surface area contributed by atoms with Gasteiger partial charge in [0.25, 0.3) is 0 Å².